The van der Waals surface area contributed by atoms with Gasteiger partial charge in [-0.25, -0.2) is 0 Å². The Bertz CT molecular complexity index is 749. The van der Waals surface area contributed by atoms with Crippen molar-refractivity contribution in [2.75, 3.05) is 24.6 Å². The first-order valence-corrected chi connectivity index (χ1v) is 17.2. The number of halogens is 6. The van der Waals surface area contributed by atoms with Crippen LogP contribution in [0.2, 0.25) is 0 Å². The van der Waals surface area contributed by atoms with Crippen LogP contribution in [0.3, 0.4) is 0 Å². The van der Waals surface area contributed by atoms with Crippen molar-refractivity contribution >= 4 is 26.8 Å². The van der Waals surface area contributed by atoms with Crippen molar-refractivity contribution in [2.45, 2.75) is 96.5 Å². The third-order valence-corrected chi connectivity index (χ3v) is 20.3. The van der Waals surface area contributed by atoms with Gasteiger partial charge in [-0.1, -0.05) is 0 Å². The van der Waals surface area contributed by atoms with Crippen LogP contribution in [0.4, 0.5) is 26.3 Å². The summed E-state index contributed by atoms with van der Waals surface area (Å²) in [6, 6.07) is 0. The van der Waals surface area contributed by atoms with Crippen molar-refractivity contribution in [1.82, 2.24) is 3.48 Å². The maximum atomic E-state index is 13.7. The fourth-order valence-corrected chi connectivity index (χ4v) is 20.7. The average Bonchev–Trinajstić information content (AvgIpc) is 2.63. The molecule has 0 rings (SSSR count). The molecule has 0 fully saturated rings. The average molecular weight is 554 g/mol. The Balaban J connectivity index is 7.21. The van der Waals surface area contributed by atoms with Gasteiger partial charge in [0.05, 0.1) is 0 Å². The third kappa shape index (κ3) is 7.19. The van der Waals surface area contributed by atoms with E-state index < -0.39 is 41.3 Å². The van der Waals surface area contributed by atoms with Gasteiger partial charge >= 0.3 is 195 Å². The van der Waals surface area contributed by atoms with Gasteiger partial charge in [0.2, 0.25) is 0 Å². The number of hydrogen-bond acceptors (Lipinski definition) is 4. The molecule has 0 aromatic rings. The Kier molecular flexibility index (Phi) is 12.2. The maximum absolute atomic E-state index is 13.7. The molecular formula is C19H38F6NO4PS2. The van der Waals surface area contributed by atoms with Crippen LogP contribution in [0.1, 0.15) is 85.5 Å². The molecule has 5 nitrogen and oxygen atoms in total. The molecule has 0 aliphatic heterocycles. The van der Waals surface area contributed by atoms with E-state index in [-0.39, 0.29) is 50.3 Å². The first-order chi connectivity index (χ1) is 14.9. The summed E-state index contributed by atoms with van der Waals surface area (Å²) in [4.78, 5) is 0. The third-order valence-electron chi connectivity index (χ3n) is 5.94. The van der Waals surface area contributed by atoms with Gasteiger partial charge in [-0.15, -0.1) is 0 Å². The van der Waals surface area contributed by atoms with Crippen LogP contribution >= 0.6 is 6.75 Å². The van der Waals surface area contributed by atoms with Gasteiger partial charge in [0, 0.05) is 0 Å². The quantitative estimate of drug-likeness (QED) is 0.117. The van der Waals surface area contributed by atoms with E-state index in [2.05, 4.69) is 0 Å². The van der Waals surface area contributed by atoms with Gasteiger partial charge in [0.1, 0.15) is 0 Å². The zero-order chi connectivity index (χ0) is 26.2. The molecule has 0 N–H and O–H groups in total. The normalized spacial score (nSPS) is 15.5. The van der Waals surface area contributed by atoms with Crippen LogP contribution in [-0.4, -0.2) is 56.0 Å². The molecule has 0 amide bonds. The zero-order valence-electron chi connectivity index (χ0n) is 19.8. The van der Waals surface area contributed by atoms with Gasteiger partial charge in [-0.3, -0.25) is 0 Å². The molecule has 0 saturated heterocycles. The Labute approximate surface area is 194 Å². The molecule has 0 aliphatic carbocycles. The van der Waals surface area contributed by atoms with E-state index in [9.17, 15) is 43.2 Å². The van der Waals surface area contributed by atoms with E-state index in [0.29, 0.717) is 12.8 Å². The summed E-state index contributed by atoms with van der Waals surface area (Å²) >= 11 is 0. The van der Waals surface area contributed by atoms with Crippen molar-refractivity contribution in [3.05, 3.63) is 0 Å². The van der Waals surface area contributed by atoms with Gasteiger partial charge in [0.15, 0.2) is 0 Å². The molecular weight excluding hydrogens is 515 g/mol. The van der Waals surface area contributed by atoms with E-state index in [0.717, 1.165) is 19.3 Å². The molecule has 0 bridgehead atoms. The van der Waals surface area contributed by atoms with E-state index >= 15 is 0 Å². The van der Waals surface area contributed by atoms with Crippen LogP contribution in [0.25, 0.3) is 0 Å². The van der Waals surface area contributed by atoms with E-state index in [1.807, 2.05) is 6.92 Å². The molecule has 0 aromatic carbocycles. The Morgan fingerprint density at radius 2 is 0.879 bits per heavy atom. The second-order valence-electron chi connectivity index (χ2n) is 8.65. The second kappa shape index (κ2) is 12.2. The van der Waals surface area contributed by atoms with Gasteiger partial charge in [0.25, 0.3) is 0 Å². The van der Waals surface area contributed by atoms with Crippen molar-refractivity contribution in [2.24, 2.45) is 0 Å². The molecule has 0 aromatic heterocycles. The summed E-state index contributed by atoms with van der Waals surface area (Å²) in [6.45, 7) is 1.71. The monoisotopic (exact) mass is 553 g/mol. The van der Waals surface area contributed by atoms with Gasteiger partial charge in [-0.2, -0.15) is 0 Å². The van der Waals surface area contributed by atoms with E-state index in [1.165, 1.54) is 20.8 Å². The van der Waals surface area contributed by atoms with Gasteiger partial charge < -0.3 is 0 Å². The number of alkyl halides is 6. The number of nitrogens with zero attached hydrogens (tertiary/aromatic N) is 1. The molecule has 14 heteroatoms. The van der Waals surface area contributed by atoms with Gasteiger partial charge in [-0.05, 0) is 0 Å². The van der Waals surface area contributed by atoms with E-state index in [1.54, 1.807) is 0 Å². The minimum atomic E-state index is -6.83. The molecule has 0 saturated carbocycles. The molecule has 202 valence electrons. The summed E-state index contributed by atoms with van der Waals surface area (Å²) in [5.41, 5.74) is -12.4. The molecule has 33 heavy (non-hydrogen) atoms. The summed E-state index contributed by atoms with van der Waals surface area (Å²) in [7, 11) is -13.7. The SMILES string of the molecule is CCCCCCCCP(CCC)(CCC)(CCC)N(S(=O)(=O)C(F)(F)F)S(=O)(=O)C(F)(F)F. The first kappa shape index (κ1) is 32.9. The second-order valence-corrected chi connectivity index (χ2v) is 19.0. The predicted molar refractivity (Wildman–Crippen MR) is 122 cm³/mol. The molecule has 0 heterocycles. The number of hydrogen-bond donors (Lipinski definition) is 0. The summed E-state index contributed by atoms with van der Waals surface area (Å²) < 4.78 is 132. The molecule has 0 aliphatic rings. The molecule has 0 atom stereocenters. The van der Waals surface area contributed by atoms with Crippen molar-refractivity contribution in [3.63, 3.8) is 0 Å². The summed E-state index contributed by atoms with van der Waals surface area (Å²) in [5.74, 6) is 0. The molecule has 0 spiro atoms. The van der Waals surface area contributed by atoms with Crippen LogP contribution in [0.15, 0.2) is 0 Å². The fourth-order valence-electron chi connectivity index (χ4n) is 4.93. The van der Waals surface area contributed by atoms with E-state index in [4.69, 9.17) is 0 Å². The summed E-state index contributed by atoms with van der Waals surface area (Å²) in [6.07, 6.45) is 2.96. The number of rotatable bonds is 16. The summed E-state index contributed by atoms with van der Waals surface area (Å²) in [5, 5.41) is 0. The zero-order valence-corrected chi connectivity index (χ0v) is 22.3. The molecule has 0 unspecified atom stereocenters. The predicted octanol–water partition coefficient (Wildman–Crippen LogP) is 7.05. The Morgan fingerprint density at radius 3 is 1.18 bits per heavy atom. The Morgan fingerprint density at radius 1 is 0.545 bits per heavy atom. The Hall–Kier alpha value is -0.130. The van der Waals surface area contributed by atoms with Crippen LogP contribution < -0.4 is 0 Å². The molecule has 0 radical (unpaired) electrons. The van der Waals surface area contributed by atoms with Crippen molar-refractivity contribution < 1.29 is 43.2 Å². The van der Waals surface area contributed by atoms with Crippen molar-refractivity contribution in [3.8, 4) is 0 Å². The van der Waals surface area contributed by atoms with Crippen molar-refractivity contribution in [1.29, 1.82) is 0 Å². The minimum absolute atomic E-state index is 0.0604. The topological polar surface area (TPSA) is 71.5 Å². The van der Waals surface area contributed by atoms with Crippen LogP contribution in [-0.2, 0) is 20.0 Å². The standard InChI is InChI=1S/C19H38F6NO4PS2/c1-5-9-10-11-12-13-17-31(14-6-2,15-7-3,16-8-4)26(32(27,28)18(20,21)22)33(29,30)19(23,24)25/h5-17H2,1-4H3. The first-order valence-electron chi connectivity index (χ1n) is 11.4. The fraction of sp³-hybridized carbons (Fsp3) is 1.00. The number of unbranched alkanes of at least 4 members (excludes halogenated alkanes) is 5. The van der Waals surface area contributed by atoms with Crippen LogP contribution in [0, 0.1) is 0 Å². The number of sulfonamides is 2. The van der Waals surface area contributed by atoms with Crippen LogP contribution in [0.5, 0.6) is 0 Å².